The van der Waals surface area contributed by atoms with Gasteiger partial charge in [0.25, 0.3) is 0 Å². The number of ether oxygens (including phenoxy) is 1. The number of nitrogens with zero attached hydrogens (tertiary/aromatic N) is 3. The maximum Gasteiger partial charge on any atom is 0.322 e. The van der Waals surface area contributed by atoms with E-state index in [0.29, 0.717) is 11.4 Å². The zero-order valence-corrected chi connectivity index (χ0v) is 9.84. The van der Waals surface area contributed by atoms with Gasteiger partial charge >= 0.3 is 6.01 Å². The van der Waals surface area contributed by atoms with Crippen LogP contribution in [0.4, 0.5) is 5.69 Å². The molecule has 2 N–H and O–H groups in total. The fraction of sp³-hybridized carbons (Fsp3) is 0.250. The molecule has 2 rings (SSSR count). The van der Waals surface area contributed by atoms with E-state index in [4.69, 9.17) is 10.5 Å². The van der Waals surface area contributed by atoms with Crippen LogP contribution in [0.2, 0.25) is 0 Å². The lowest BCUT2D eigenvalue weighted by Crippen LogP contribution is -1.98. The summed E-state index contributed by atoms with van der Waals surface area (Å²) in [5.41, 5.74) is 7.87. The Hall–Kier alpha value is -2.17. The third-order valence-corrected chi connectivity index (χ3v) is 2.26. The number of pyridine rings is 1. The molecule has 88 valence electrons. The van der Waals surface area contributed by atoms with Crippen LogP contribution < -0.4 is 10.5 Å². The second-order valence-electron chi connectivity index (χ2n) is 3.65. The van der Waals surface area contributed by atoms with Crippen LogP contribution in [0.15, 0.2) is 24.5 Å². The van der Waals surface area contributed by atoms with E-state index >= 15 is 0 Å². The summed E-state index contributed by atoms with van der Waals surface area (Å²) >= 11 is 0. The van der Waals surface area contributed by atoms with Crippen LogP contribution in [0.25, 0.3) is 0 Å². The van der Waals surface area contributed by atoms with E-state index in [9.17, 15) is 0 Å². The van der Waals surface area contributed by atoms with E-state index in [1.54, 1.807) is 0 Å². The average Bonchev–Trinajstić information content (AvgIpc) is 2.34. The number of nitrogens with two attached hydrogens (primary N) is 1. The molecule has 0 unspecified atom stereocenters. The van der Waals surface area contributed by atoms with Crippen LogP contribution >= 0.6 is 0 Å². The molecule has 2 heterocycles. The minimum absolute atomic E-state index is 0.277. The van der Waals surface area contributed by atoms with Gasteiger partial charge in [-0.05, 0) is 25.5 Å². The third-order valence-electron chi connectivity index (χ3n) is 2.26. The zero-order chi connectivity index (χ0) is 12.3. The molecule has 0 bridgehead atoms. The summed E-state index contributed by atoms with van der Waals surface area (Å²) in [7, 11) is 0. The van der Waals surface area contributed by atoms with Crippen LogP contribution in [-0.4, -0.2) is 15.0 Å². The summed E-state index contributed by atoms with van der Waals surface area (Å²) in [5, 5.41) is 0. The Bertz CT molecular complexity index is 510. The van der Waals surface area contributed by atoms with Crippen molar-refractivity contribution in [3.05, 3.63) is 35.9 Å². The lowest BCUT2D eigenvalue weighted by Gasteiger charge is -2.08. The van der Waals surface area contributed by atoms with Gasteiger partial charge in [0.05, 0.1) is 23.8 Å². The highest BCUT2D eigenvalue weighted by Gasteiger charge is 2.06. The van der Waals surface area contributed by atoms with E-state index < -0.39 is 0 Å². The number of anilines is 1. The highest BCUT2D eigenvalue weighted by atomic mass is 16.5. The number of aromatic nitrogens is 3. The molecule has 0 aliphatic carbocycles. The molecule has 2 aromatic heterocycles. The predicted octanol–water partition coefficient (Wildman–Crippen LogP) is 2.12. The third kappa shape index (κ3) is 2.69. The van der Waals surface area contributed by atoms with Crippen molar-refractivity contribution in [2.24, 2.45) is 0 Å². The highest BCUT2D eigenvalue weighted by molar-refractivity contribution is 5.34. The standard InChI is InChI=1S/C12H14N4O/c1-3-10-11(5-4-8(2)16-10)17-12-14-6-9(13)7-15-12/h4-7H,3,13H2,1-2H3. The van der Waals surface area contributed by atoms with Crippen molar-refractivity contribution in [1.82, 2.24) is 15.0 Å². The molecular formula is C12H14N4O. The Morgan fingerprint density at radius 2 is 1.94 bits per heavy atom. The Morgan fingerprint density at radius 3 is 2.59 bits per heavy atom. The predicted molar refractivity (Wildman–Crippen MR) is 64.9 cm³/mol. The number of rotatable bonds is 3. The van der Waals surface area contributed by atoms with Crippen molar-refractivity contribution in [1.29, 1.82) is 0 Å². The van der Waals surface area contributed by atoms with E-state index in [-0.39, 0.29) is 6.01 Å². The Balaban J connectivity index is 2.26. The molecule has 5 nitrogen and oxygen atoms in total. The van der Waals surface area contributed by atoms with E-state index in [1.807, 2.05) is 26.0 Å². The van der Waals surface area contributed by atoms with Gasteiger partial charge in [0, 0.05) is 5.69 Å². The minimum atomic E-state index is 0.277. The molecule has 17 heavy (non-hydrogen) atoms. The van der Waals surface area contributed by atoms with Gasteiger partial charge in [-0.25, -0.2) is 9.97 Å². The van der Waals surface area contributed by atoms with Crippen molar-refractivity contribution in [2.45, 2.75) is 20.3 Å². The maximum atomic E-state index is 5.57. The summed E-state index contributed by atoms with van der Waals surface area (Å²) in [6, 6.07) is 4.05. The van der Waals surface area contributed by atoms with Gasteiger partial charge in [-0.3, -0.25) is 4.98 Å². The topological polar surface area (TPSA) is 73.9 Å². The first kappa shape index (κ1) is 11.3. The molecule has 0 atom stereocenters. The molecule has 0 aliphatic rings. The lowest BCUT2D eigenvalue weighted by atomic mass is 10.2. The van der Waals surface area contributed by atoms with Gasteiger partial charge < -0.3 is 10.5 Å². The van der Waals surface area contributed by atoms with Gasteiger partial charge in [0.1, 0.15) is 0 Å². The number of hydrogen-bond donors (Lipinski definition) is 1. The second kappa shape index (κ2) is 4.78. The number of nitrogen functional groups attached to an aromatic ring is 1. The first-order chi connectivity index (χ1) is 8.19. The van der Waals surface area contributed by atoms with Gasteiger partial charge in [0.15, 0.2) is 5.75 Å². The molecule has 0 saturated heterocycles. The Kier molecular flexibility index (Phi) is 3.18. The normalized spacial score (nSPS) is 10.2. The van der Waals surface area contributed by atoms with E-state index in [2.05, 4.69) is 15.0 Å². The first-order valence-corrected chi connectivity index (χ1v) is 5.41. The van der Waals surface area contributed by atoms with Crippen LogP contribution in [0, 0.1) is 6.92 Å². The average molecular weight is 230 g/mol. The molecule has 2 aromatic rings. The van der Waals surface area contributed by atoms with Crippen LogP contribution in [0.3, 0.4) is 0 Å². The van der Waals surface area contributed by atoms with Crippen molar-refractivity contribution >= 4 is 5.69 Å². The monoisotopic (exact) mass is 230 g/mol. The molecule has 0 amide bonds. The van der Waals surface area contributed by atoms with Crippen molar-refractivity contribution < 1.29 is 4.74 Å². The number of hydrogen-bond acceptors (Lipinski definition) is 5. The molecule has 5 heteroatoms. The summed E-state index contributed by atoms with van der Waals surface area (Å²) in [6.07, 6.45) is 3.82. The maximum absolute atomic E-state index is 5.57. The summed E-state index contributed by atoms with van der Waals surface area (Å²) < 4.78 is 5.57. The van der Waals surface area contributed by atoms with Gasteiger partial charge in [-0.2, -0.15) is 0 Å². The second-order valence-corrected chi connectivity index (χ2v) is 3.65. The van der Waals surface area contributed by atoms with E-state index in [0.717, 1.165) is 17.8 Å². The largest absolute Gasteiger partial charge is 0.422 e. The molecule has 0 radical (unpaired) electrons. The fourth-order valence-corrected chi connectivity index (χ4v) is 1.42. The van der Waals surface area contributed by atoms with Crippen molar-refractivity contribution in [3.8, 4) is 11.8 Å². The quantitative estimate of drug-likeness (QED) is 0.874. The summed E-state index contributed by atoms with van der Waals surface area (Å²) in [5.74, 6) is 0.683. The Labute approximate surface area is 99.7 Å². The lowest BCUT2D eigenvalue weighted by molar-refractivity contribution is 0.434. The van der Waals surface area contributed by atoms with Gasteiger partial charge in [0.2, 0.25) is 0 Å². The molecule has 0 spiro atoms. The van der Waals surface area contributed by atoms with Crippen LogP contribution in [0.1, 0.15) is 18.3 Å². The summed E-state index contributed by atoms with van der Waals surface area (Å²) in [6.45, 7) is 3.97. The molecule has 0 fully saturated rings. The SMILES string of the molecule is CCc1nc(C)ccc1Oc1ncc(N)cn1. The van der Waals surface area contributed by atoms with Gasteiger partial charge in [-0.1, -0.05) is 6.92 Å². The molecule has 0 saturated carbocycles. The molecular weight excluding hydrogens is 216 g/mol. The van der Waals surface area contributed by atoms with Crippen molar-refractivity contribution in [3.63, 3.8) is 0 Å². The van der Waals surface area contributed by atoms with Crippen LogP contribution in [-0.2, 0) is 6.42 Å². The first-order valence-electron chi connectivity index (χ1n) is 5.41. The minimum Gasteiger partial charge on any atom is -0.422 e. The Morgan fingerprint density at radius 1 is 1.24 bits per heavy atom. The zero-order valence-electron chi connectivity index (χ0n) is 9.84. The highest BCUT2D eigenvalue weighted by Crippen LogP contribution is 2.22. The fourth-order valence-electron chi connectivity index (χ4n) is 1.42. The smallest absolute Gasteiger partial charge is 0.322 e. The molecule has 0 aliphatic heterocycles. The van der Waals surface area contributed by atoms with Crippen molar-refractivity contribution in [2.75, 3.05) is 5.73 Å². The van der Waals surface area contributed by atoms with E-state index in [1.165, 1.54) is 12.4 Å². The molecule has 0 aromatic carbocycles. The number of aryl methyl sites for hydroxylation is 2. The van der Waals surface area contributed by atoms with Gasteiger partial charge in [-0.15, -0.1) is 0 Å². The van der Waals surface area contributed by atoms with Crippen LogP contribution in [0.5, 0.6) is 11.8 Å². The summed E-state index contributed by atoms with van der Waals surface area (Å²) in [4.78, 5) is 12.4.